The van der Waals surface area contributed by atoms with E-state index in [-0.39, 0.29) is 28.0 Å². The van der Waals surface area contributed by atoms with Crippen molar-refractivity contribution in [1.82, 2.24) is 0 Å². The lowest BCUT2D eigenvalue weighted by Gasteiger charge is -2.06. The van der Waals surface area contributed by atoms with E-state index in [1.165, 1.54) is 37.4 Å². The van der Waals surface area contributed by atoms with Crippen LogP contribution in [0.3, 0.4) is 0 Å². The van der Waals surface area contributed by atoms with Crippen molar-refractivity contribution in [3.05, 3.63) is 74.9 Å². The molecule has 27 heavy (non-hydrogen) atoms. The first kappa shape index (κ1) is 18.6. The third-order valence-electron chi connectivity index (χ3n) is 3.70. The number of hydrogen-bond acceptors (Lipinski definition) is 6. The Labute approximate surface area is 157 Å². The van der Waals surface area contributed by atoms with Crippen LogP contribution in [-0.2, 0) is 4.74 Å². The molecule has 0 aliphatic carbocycles. The molecule has 0 N–H and O–H groups in total. The van der Waals surface area contributed by atoms with Crippen molar-refractivity contribution < 1.29 is 27.9 Å². The Morgan fingerprint density at radius 3 is 2.63 bits per heavy atom. The van der Waals surface area contributed by atoms with E-state index < -0.39 is 29.6 Å². The molecule has 1 heterocycles. The van der Waals surface area contributed by atoms with Crippen LogP contribution < -0.4 is 10.2 Å². The van der Waals surface area contributed by atoms with Gasteiger partial charge in [-0.25, -0.2) is 9.18 Å². The minimum atomic E-state index is -0.994. The number of rotatable bonds is 5. The fraction of sp³-hybridized carbons (Fsp3) is 0.105. The van der Waals surface area contributed by atoms with Crippen molar-refractivity contribution in [3.63, 3.8) is 0 Å². The van der Waals surface area contributed by atoms with Gasteiger partial charge in [0.15, 0.2) is 29.4 Å². The number of ether oxygens (including phenoxy) is 2. The van der Waals surface area contributed by atoms with Crippen LogP contribution in [0.15, 0.2) is 51.7 Å². The highest BCUT2D eigenvalue weighted by molar-refractivity contribution is 6.31. The van der Waals surface area contributed by atoms with Crippen LogP contribution in [0.5, 0.6) is 5.75 Å². The minimum absolute atomic E-state index is 0.00991. The number of ketones is 1. The van der Waals surface area contributed by atoms with Crippen LogP contribution in [-0.4, -0.2) is 25.5 Å². The quantitative estimate of drug-likeness (QED) is 0.488. The molecule has 0 radical (unpaired) electrons. The van der Waals surface area contributed by atoms with Gasteiger partial charge < -0.3 is 13.9 Å². The van der Waals surface area contributed by atoms with Gasteiger partial charge in [0.1, 0.15) is 5.58 Å². The Bertz CT molecular complexity index is 1110. The normalized spacial score (nSPS) is 10.6. The molecule has 0 aliphatic rings. The van der Waals surface area contributed by atoms with E-state index >= 15 is 0 Å². The zero-order valence-corrected chi connectivity index (χ0v) is 14.7. The van der Waals surface area contributed by atoms with E-state index in [0.29, 0.717) is 5.02 Å². The molecule has 2 aromatic carbocycles. The fourth-order valence-electron chi connectivity index (χ4n) is 2.35. The number of hydrogen-bond donors (Lipinski definition) is 0. The first-order chi connectivity index (χ1) is 12.9. The van der Waals surface area contributed by atoms with E-state index in [0.717, 1.165) is 12.1 Å². The van der Waals surface area contributed by atoms with Crippen molar-refractivity contribution >= 4 is 34.3 Å². The molecule has 0 atom stereocenters. The molecule has 0 unspecified atom stereocenters. The second-order valence-electron chi connectivity index (χ2n) is 5.46. The summed E-state index contributed by atoms with van der Waals surface area (Å²) in [4.78, 5) is 36.2. The molecule has 8 heteroatoms. The lowest BCUT2D eigenvalue weighted by Crippen LogP contribution is -2.16. The minimum Gasteiger partial charge on any atom is -0.494 e. The zero-order chi connectivity index (χ0) is 19.6. The Morgan fingerprint density at radius 2 is 1.93 bits per heavy atom. The first-order valence-corrected chi connectivity index (χ1v) is 8.04. The number of methoxy groups -OCH3 is 1. The molecule has 0 spiro atoms. The third-order valence-corrected chi connectivity index (χ3v) is 3.93. The lowest BCUT2D eigenvalue weighted by molar-refractivity contribution is 0.0444. The Morgan fingerprint density at radius 1 is 1.15 bits per heavy atom. The molecule has 0 amide bonds. The molecule has 0 aliphatic heterocycles. The van der Waals surface area contributed by atoms with Gasteiger partial charge >= 0.3 is 5.97 Å². The van der Waals surface area contributed by atoms with E-state index in [1.54, 1.807) is 0 Å². The first-order valence-electron chi connectivity index (χ1n) is 7.66. The molecular weight excluding hydrogens is 379 g/mol. The molecule has 0 fully saturated rings. The summed E-state index contributed by atoms with van der Waals surface area (Å²) < 4.78 is 28.6. The van der Waals surface area contributed by atoms with E-state index in [2.05, 4.69) is 0 Å². The highest BCUT2D eigenvalue weighted by Gasteiger charge is 2.17. The maximum absolute atomic E-state index is 13.7. The summed E-state index contributed by atoms with van der Waals surface area (Å²) in [6.45, 7) is -0.646. The summed E-state index contributed by atoms with van der Waals surface area (Å²) in [6, 6.07) is 8.94. The average molecular weight is 391 g/mol. The number of carbonyl (C=O) groups is 2. The van der Waals surface area contributed by atoms with Gasteiger partial charge in [0.2, 0.25) is 5.76 Å². The van der Waals surface area contributed by atoms with Crippen LogP contribution >= 0.6 is 11.6 Å². The van der Waals surface area contributed by atoms with E-state index in [1.807, 2.05) is 0 Å². The summed E-state index contributed by atoms with van der Waals surface area (Å²) in [6.07, 6.45) is 0. The van der Waals surface area contributed by atoms with Crippen LogP contribution in [0.2, 0.25) is 5.02 Å². The van der Waals surface area contributed by atoms with Crippen molar-refractivity contribution in [2.45, 2.75) is 0 Å². The van der Waals surface area contributed by atoms with Crippen molar-refractivity contribution in [2.75, 3.05) is 13.7 Å². The van der Waals surface area contributed by atoms with Gasteiger partial charge in [0.05, 0.1) is 12.5 Å². The van der Waals surface area contributed by atoms with Gasteiger partial charge in [-0.15, -0.1) is 0 Å². The molecule has 1 aromatic heterocycles. The lowest BCUT2D eigenvalue weighted by atomic mass is 10.1. The highest BCUT2D eigenvalue weighted by atomic mass is 35.5. The second kappa shape index (κ2) is 7.59. The molecule has 0 bridgehead atoms. The van der Waals surface area contributed by atoms with Gasteiger partial charge in [0, 0.05) is 16.7 Å². The predicted molar refractivity (Wildman–Crippen MR) is 95.1 cm³/mol. The van der Waals surface area contributed by atoms with Gasteiger partial charge in [-0.1, -0.05) is 11.6 Å². The van der Waals surface area contributed by atoms with Gasteiger partial charge in [-0.2, -0.15) is 0 Å². The average Bonchev–Trinajstić information content (AvgIpc) is 2.66. The SMILES string of the molecule is COc1ccc(C(=O)COC(=O)c2cc(=O)c3cc(Cl)ccc3o2)cc1F. The summed E-state index contributed by atoms with van der Waals surface area (Å²) in [5.41, 5.74) is -0.313. The number of carbonyl (C=O) groups excluding carboxylic acids is 2. The second-order valence-corrected chi connectivity index (χ2v) is 5.90. The Hall–Kier alpha value is -3.19. The summed E-state index contributed by atoms with van der Waals surface area (Å²) in [5, 5.41) is 0.561. The highest BCUT2D eigenvalue weighted by Crippen LogP contribution is 2.19. The number of Topliss-reactive ketones (excluding diaryl/α,β-unsaturated/α-hetero) is 1. The Kier molecular flexibility index (Phi) is 5.23. The van der Waals surface area contributed by atoms with Crippen LogP contribution in [0.1, 0.15) is 20.9 Å². The van der Waals surface area contributed by atoms with Crippen molar-refractivity contribution in [1.29, 1.82) is 0 Å². The maximum atomic E-state index is 13.7. The molecule has 0 saturated heterocycles. The van der Waals surface area contributed by atoms with E-state index in [4.69, 9.17) is 25.5 Å². The number of halogens is 2. The molecular formula is C19H12ClFO6. The largest absolute Gasteiger partial charge is 0.494 e. The molecule has 3 aromatic rings. The standard InChI is InChI=1S/C19H12ClFO6/c1-25-17-4-2-10(6-13(17)21)15(23)9-26-19(24)18-8-14(22)12-7-11(20)3-5-16(12)27-18/h2-8H,9H2,1H3. The van der Waals surface area contributed by atoms with Crippen molar-refractivity contribution in [2.24, 2.45) is 0 Å². The number of esters is 1. The number of benzene rings is 2. The van der Waals surface area contributed by atoms with E-state index in [9.17, 15) is 18.8 Å². The van der Waals surface area contributed by atoms with Crippen LogP contribution in [0.25, 0.3) is 11.0 Å². The molecule has 6 nitrogen and oxygen atoms in total. The summed E-state index contributed by atoms with van der Waals surface area (Å²) in [5.74, 6) is -2.70. The fourth-order valence-corrected chi connectivity index (χ4v) is 2.53. The number of fused-ring (bicyclic) bond motifs is 1. The van der Waals surface area contributed by atoms with Gasteiger partial charge in [-0.3, -0.25) is 9.59 Å². The van der Waals surface area contributed by atoms with Crippen LogP contribution in [0, 0.1) is 5.82 Å². The molecule has 0 saturated carbocycles. The van der Waals surface area contributed by atoms with Gasteiger partial charge in [-0.05, 0) is 36.4 Å². The smallest absolute Gasteiger partial charge is 0.374 e. The summed E-state index contributed by atoms with van der Waals surface area (Å²) >= 11 is 5.82. The monoisotopic (exact) mass is 390 g/mol. The summed E-state index contributed by atoms with van der Waals surface area (Å²) in [7, 11) is 1.30. The Balaban J connectivity index is 1.75. The van der Waals surface area contributed by atoms with Gasteiger partial charge in [0.25, 0.3) is 0 Å². The van der Waals surface area contributed by atoms with Crippen molar-refractivity contribution in [3.8, 4) is 5.75 Å². The maximum Gasteiger partial charge on any atom is 0.374 e. The zero-order valence-electron chi connectivity index (χ0n) is 14.0. The molecule has 138 valence electrons. The van der Waals surface area contributed by atoms with Crippen LogP contribution in [0.4, 0.5) is 4.39 Å². The topological polar surface area (TPSA) is 82.8 Å². The third kappa shape index (κ3) is 3.98. The predicted octanol–water partition coefficient (Wildman–Crippen LogP) is 3.63. The molecule has 3 rings (SSSR count).